The first kappa shape index (κ1) is 12.2. The Morgan fingerprint density at radius 1 is 1.41 bits per heavy atom. The molecule has 90 valence electrons. The van der Waals surface area contributed by atoms with Crippen LogP contribution in [-0.2, 0) is 9.59 Å². The fourth-order valence-electron chi connectivity index (χ4n) is 1.79. The van der Waals surface area contributed by atoms with E-state index in [4.69, 9.17) is 23.2 Å². The van der Waals surface area contributed by atoms with Crippen molar-refractivity contribution < 1.29 is 14.7 Å². The smallest absolute Gasteiger partial charge is 0.227 e. The third-order valence-electron chi connectivity index (χ3n) is 2.66. The van der Waals surface area contributed by atoms with Crippen LogP contribution in [0.15, 0.2) is 18.2 Å². The highest BCUT2D eigenvalue weighted by atomic mass is 35.5. The SMILES string of the molecule is O=C([O-])C1CC(=O)N(c2cc(Cl)ccc2Cl)C1. The van der Waals surface area contributed by atoms with Gasteiger partial charge in [-0.1, -0.05) is 23.2 Å². The normalized spacial score (nSPS) is 19.8. The van der Waals surface area contributed by atoms with E-state index in [1.54, 1.807) is 18.2 Å². The lowest BCUT2D eigenvalue weighted by Crippen LogP contribution is -2.33. The summed E-state index contributed by atoms with van der Waals surface area (Å²) in [5, 5.41) is 11.5. The number of halogens is 2. The number of carboxylic acid groups (broad SMARTS) is 1. The first-order valence-electron chi connectivity index (χ1n) is 4.95. The summed E-state index contributed by atoms with van der Waals surface area (Å²) in [6.07, 6.45) is -0.0643. The maximum atomic E-state index is 11.7. The van der Waals surface area contributed by atoms with Crippen LogP contribution in [0, 0.1) is 5.92 Å². The van der Waals surface area contributed by atoms with Gasteiger partial charge in [0.15, 0.2) is 0 Å². The number of carboxylic acids is 1. The molecule has 1 aliphatic rings. The van der Waals surface area contributed by atoms with Gasteiger partial charge in [0.25, 0.3) is 0 Å². The zero-order valence-corrected chi connectivity index (χ0v) is 10.2. The van der Waals surface area contributed by atoms with Crippen LogP contribution < -0.4 is 10.0 Å². The van der Waals surface area contributed by atoms with Crippen LogP contribution in [0.2, 0.25) is 10.0 Å². The number of rotatable bonds is 2. The van der Waals surface area contributed by atoms with Crippen molar-refractivity contribution in [2.45, 2.75) is 6.42 Å². The maximum absolute atomic E-state index is 11.7. The minimum absolute atomic E-state index is 0.0643. The lowest BCUT2D eigenvalue weighted by atomic mass is 10.1. The largest absolute Gasteiger partial charge is 0.550 e. The number of nitrogens with zero attached hydrogens (tertiary/aromatic N) is 1. The molecule has 1 aromatic rings. The summed E-state index contributed by atoms with van der Waals surface area (Å²) < 4.78 is 0. The second-order valence-electron chi connectivity index (χ2n) is 3.82. The van der Waals surface area contributed by atoms with Gasteiger partial charge < -0.3 is 14.8 Å². The number of anilines is 1. The Hall–Kier alpha value is -1.26. The molecular weight excluding hydrogens is 265 g/mol. The Morgan fingerprint density at radius 2 is 2.12 bits per heavy atom. The Bertz CT molecular complexity index is 490. The number of amides is 1. The monoisotopic (exact) mass is 272 g/mol. The van der Waals surface area contributed by atoms with Crippen LogP contribution in [0.1, 0.15) is 6.42 Å². The second kappa shape index (κ2) is 4.55. The summed E-state index contributed by atoms with van der Waals surface area (Å²) in [6.45, 7) is 0.0707. The average molecular weight is 273 g/mol. The van der Waals surface area contributed by atoms with Crippen LogP contribution in [0.3, 0.4) is 0 Å². The third-order valence-corrected chi connectivity index (χ3v) is 3.21. The summed E-state index contributed by atoms with van der Waals surface area (Å²) in [6, 6.07) is 4.71. The van der Waals surface area contributed by atoms with Gasteiger partial charge in [0.1, 0.15) is 0 Å². The first-order chi connectivity index (χ1) is 7.99. The Labute approximate surface area is 108 Å². The molecule has 1 aliphatic heterocycles. The number of carbonyl (C=O) groups excluding carboxylic acids is 2. The summed E-state index contributed by atoms with van der Waals surface area (Å²) in [4.78, 5) is 23.7. The van der Waals surface area contributed by atoms with E-state index in [1.807, 2.05) is 0 Å². The van der Waals surface area contributed by atoms with Crippen molar-refractivity contribution in [2.24, 2.45) is 5.92 Å². The van der Waals surface area contributed by atoms with Crippen molar-refractivity contribution in [1.29, 1.82) is 0 Å². The molecule has 6 heteroatoms. The molecule has 1 amide bonds. The fourth-order valence-corrected chi connectivity index (χ4v) is 2.18. The molecule has 2 rings (SSSR count). The lowest BCUT2D eigenvalue weighted by molar-refractivity contribution is -0.310. The number of benzene rings is 1. The van der Waals surface area contributed by atoms with Crippen molar-refractivity contribution in [2.75, 3.05) is 11.4 Å². The summed E-state index contributed by atoms with van der Waals surface area (Å²) >= 11 is 11.8. The molecule has 0 saturated carbocycles. The molecule has 1 heterocycles. The molecule has 1 saturated heterocycles. The highest BCUT2D eigenvalue weighted by Crippen LogP contribution is 2.33. The molecule has 0 aliphatic carbocycles. The molecular formula is C11H8Cl2NO3-. The van der Waals surface area contributed by atoms with E-state index in [0.717, 1.165) is 0 Å². The summed E-state index contributed by atoms with van der Waals surface area (Å²) in [5.74, 6) is -2.31. The van der Waals surface area contributed by atoms with Crippen LogP contribution in [0.25, 0.3) is 0 Å². The topological polar surface area (TPSA) is 60.4 Å². The van der Waals surface area contributed by atoms with Gasteiger partial charge >= 0.3 is 0 Å². The number of hydrogen-bond donors (Lipinski definition) is 0. The van der Waals surface area contributed by atoms with E-state index in [1.165, 1.54) is 4.90 Å². The van der Waals surface area contributed by atoms with Gasteiger partial charge in [-0.3, -0.25) is 4.79 Å². The minimum Gasteiger partial charge on any atom is -0.550 e. The minimum atomic E-state index is -1.22. The summed E-state index contributed by atoms with van der Waals surface area (Å²) in [7, 11) is 0. The van der Waals surface area contributed by atoms with Gasteiger partial charge in [-0.2, -0.15) is 0 Å². The number of hydrogen-bond acceptors (Lipinski definition) is 3. The molecule has 1 aromatic carbocycles. The molecule has 0 aromatic heterocycles. The van der Waals surface area contributed by atoms with Gasteiger partial charge in [-0.15, -0.1) is 0 Å². The predicted molar refractivity (Wildman–Crippen MR) is 61.9 cm³/mol. The molecule has 0 radical (unpaired) electrons. The third kappa shape index (κ3) is 2.37. The van der Waals surface area contributed by atoms with Crippen LogP contribution in [0.4, 0.5) is 5.69 Å². The quantitative estimate of drug-likeness (QED) is 0.810. The molecule has 1 atom stereocenters. The molecule has 4 nitrogen and oxygen atoms in total. The molecule has 1 fully saturated rings. The zero-order chi connectivity index (χ0) is 12.6. The molecule has 17 heavy (non-hydrogen) atoms. The van der Waals surface area contributed by atoms with E-state index in [-0.39, 0.29) is 18.9 Å². The first-order valence-corrected chi connectivity index (χ1v) is 5.71. The van der Waals surface area contributed by atoms with Gasteiger partial charge in [0.05, 0.1) is 10.7 Å². The van der Waals surface area contributed by atoms with E-state index in [2.05, 4.69) is 0 Å². The van der Waals surface area contributed by atoms with Crippen molar-refractivity contribution in [1.82, 2.24) is 0 Å². The van der Waals surface area contributed by atoms with Crippen molar-refractivity contribution in [3.05, 3.63) is 28.2 Å². The van der Waals surface area contributed by atoms with Gasteiger partial charge in [0, 0.05) is 29.9 Å². The van der Waals surface area contributed by atoms with Crippen molar-refractivity contribution in [3.63, 3.8) is 0 Å². The van der Waals surface area contributed by atoms with Gasteiger partial charge in [-0.05, 0) is 18.2 Å². The van der Waals surface area contributed by atoms with Crippen LogP contribution in [0.5, 0.6) is 0 Å². The lowest BCUT2D eigenvalue weighted by Gasteiger charge is -2.18. The van der Waals surface area contributed by atoms with Crippen molar-refractivity contribution >= 4 is 40.8 Å². The zero-order valence-electron chi connectivity index (χ0n) is 8.65. The molecule has 0 bridgehead atoms. The standard InChI is InChI=1S/C11H9Cl2NO3/c12-7-1-2-8(13)9(4-7)14-5-6(11(16)17)3-10(14)15/h1-2,4,6H,3,5H2,(H,16,17)/p-1. The fraction of sp³-hybridized carbons (Fsp3) is 0.273. The maximum Gasteiger partial charge on any atom is 0.227 e. The Morgan fingerprint density at radius 3 is 2.71 bits per heavy atom. The van der Waals surface area contributed by atoms with Gasteiger partial charge in [0.2, 0.25) is 5.91 Å². The highest BCUT2D eigenvalue weighted by Gasteiger charge is 2.32. The highest BCUT2D eigenvalue weighted by molar-refractivity contribution is 6.35. The average Bonchev–Trinajstić information content (AvgIpc) is 2.64. The van der Waals surface area contributed by atoms with E-state index in [0.29, 0.717) is 15.7 Å². The molecule has 1 unspecified atom stereocenters. The predicted octanol–water partition coefficient (Wildman–Crippen LogP) is 1.10. The summed E-state index contributed by atoms with van der Waals surface area (Å²) in [5.41, 5.74) is 0.438. The Kier molecular flexibility index (Phi) is 3.26. The van der Waals surface area contributed by atoms with Crippen molar-refractivity contribution in [3.8, 4) is 0 Å². The second-order valence-corrected chi connectivity index (χ2v) is 4.66. The van der Waals surface area contributed by atoms with E-state index in [9.17, 15) is 14.7 Å². The Balaban J connectivity index is 2.32. The van der Waals surface area contributed by atoms with E-state index >= 15 is 0 Å². The van der Waals surface area contributed by atoms with Gasteiger partial charge in [-0.25, -0.2) is 0 Å². The number of aliphatic carboxylic acids is 1. The van der Waals surface area contributed by atoms with E-state index < -0.39 is 11.9 Å². The molecule has 0 spiro atoms. The number of carbonyl (C=O) groups is 2. The van der Waals surface area contributed by atoms with Crippen LogP contribution >= 0.6 is 23.2 Å². The molecule has 0 N–H and O–H groups in total. The van der Waals surface area contributed by atoms with Crippen LogP contribution in [-0.4, -0.2) is 18.4 Å².